The van der Waals surface area contributed by atoms with Gasteiger partial charge in [-0.05, 0) is 0 Å². The standard InChI is InChI=1S/C7H7.2C5H5.Hf/c1-7-5-3-2-4-6-7;2*1-2-4-5-3-1;/h2-6H,1H2;2*1-5H;/q3*-1;. The van der Waals surface area contributed by atoms with Crippen molar-refractivity contribution in [1.29, 1.82) is 0 Å². The van der Waals surface area contributed by atoms with Crippen LogP contribution in [-0.2, 0) is 25.8 Å². The van der Waals surface area contributed by atoms with Crippen LogP contribution in [0.15, 0.2) is 91.0 Å². The molecule has 0 aromatic heterocycles. The molecular weight excluding hydrogens is 383 g/mol. The quantitative estimate of drug-likeness (QED) is 0.380. The van der Waals surface area contributed by atoms with Crippen LogP contribution in [0, 0.1) is 6.92 Å². The van der Waals surface area contributed by atoms with Gasteiger partial charge in [0.2, 0.25) is 0 Å². The molecule has 3 aromatic carbocycles. The summed E-state index contributed by atoms with van der Waals surface area (Å²) in [7, 11) is 0. The van der Waals surface area contributed by atoms with Crippen LogP contribution >= 0.6 is 0 Å². The third-order valence-electron chi connectivity index (χ3n) is 1.95. The van der Waals surface area contributed by atoms with Crippen LogP contribution < -0.4 is 0 Å². The van der Waals surface area contributed by atoms with E-state index >= 15 is 0 Å². The summed E-state index contributed by atoms with van der Waals surface area (Å²) in [4.78, 5) is 0. The smallest absolute Gasteiger partial charge is 0 e. The predicted octanol–water partition coefficient (Wildman–Crippen LogP) is 4.68. The minimum absolute atomic E-state index is 0. The molecule has 0 aliphatic rings. The minimum atomic E-state index is 0. The predicted molar refractivity (Wildman–Crippen MR) is 75.0 cm³/mol. The fourth-order valence-electron chi connectivity index (χ4n) is 1.12. The van der Waals surface area contributed by atoms with E-state index in [1.54, 1.807) is 0 Å². The Morgan fingerprint density at radius 1 is 0.611 bits per heavy atom. The van der Waals surface area contributed by atoms with Gasteiger partial charge in [-0.3, -0.25) is 0 Å². The van der Waals surface area contributed by atoms with E-state index in [1.165, 1.54) is 0 Å². The van der Waals surface area contributed by atoms with Crippen molar-refractivity contribution < 1.29 is 25.8 Å². The second-order valence-electron chi connectivity index (χ2n) is 3.41. The van der Waals surface area contributed by atoms with Crippen molar-refractivity contribution in [3.63, 3.8) is 0 Å². The molecule has 0 amide bonds. The van der Waals surface area contributed by atoms with E-state index in [4.69, 9.17) is 0 Å². The first-order valence-electron chi connectivity index (χ1n) is 5.60. The average molecular weight is 400 g/mol. The molecule has 18 heavy (non-hydrogen) atoms. The molecule has 0 bridgehead atoms. The second kappa shape index (κ2) is 12.1. The maximum Gasteiger partial charge on any atom is 0 e. The number of hydrogen-bond acceptors (Lipinski definition) is 0. The van der Waals surface area contributed by atoms with Gasteiger partial charge in [0.05, 0.1) is 0 Å². The van der Waals surface area contributed by atoms with Crippen molar-refractivity contribution in [2.24, 2.45) is 0 Å². The van der Waals surface area contributed by atoms with Crippen molar-refractivity contribution in [3.8, 4) is 0 Å². The second-order valence-corrected chi connectivity index (χ2v) is 3.41. The van der Waals surface area contributed by atoms with Crippen LogP contribution in [-0.4, -0.2) is 0 Å². The van der Waals surface area contributed by atoms with Crippen LogP contribution in [0.3, 0.4) is 0 Å². The topological polar surface area (TPSA) is 0 Å². The normalized spacial score (nSPS) is 7.78. The summed E-state index contributed by atoms with van der Waals surface area (Å²) < 4.78 is 0. The van der Waals surface area contributed by atoms with Crippen LogP contribution in [0.5, 0.6) is 0 Å². The van der Waals surface area contributed by atoms with Crippen LogP contribution in [0.25, 0.3) is 0 Å². The van der Waals surface area contributed by atoms with Crippen LogP contribution in [0.1, 0.15) is 5.56 Å². The Kier molecular flexibility index (Phi) is 11.2. The van der Waals surface area contributed by atoms with Crippen molar-refractivity contribution in [1.82, 2.24) is 0 Å². The third kappa shape index (κ3) is 9.86. The molecule has 0 fully saturated rings. The zero-order valence-electron chi connectivity index (χ0n) is 10.4. The van der Waals surface area contributed by atoms with E-state index in [0.717, 1.165) is 5.56 Å². The molecule has 0 heterocycles. The Balaban J connectivity index is 0.000000239. The Morgan fingerprint density at radius 2 is 1.00 bits per heavy atom. The Labute approximate surface area is 129 Å². The number of benzene rings is 1. The molecule has 0 unspecified atom stereocenters. The van der Waals surface area contributed by atoms with Gasteiger partial charge < -0.3 is 0 Å². The van der Waals surface area contributed by atoms with Crippen molar-refractivity contribution in [3.05, 3.63) is 103 Å². The minimum Gasteiger partial charge on any atom is -0.214 e. The van der Waals surface area contributed by atoms with Crippen molar-refractivity contribution in [2.45, 2.75) is 0 Å². The van der Waals surface area contributed by atoms with Crippen molar-refractivity contribution >= 4 is 0 Å². The molecule has 0 saturated heterocycles. The first-order valence-corrected chi connectivity index (χ1v) is 5.60. The largest absolute Gasteiger partial charge is 0.214 e. The van der Waals surface area contributed by atoms with Crippen LogP contribution in [0.4, 0.5) is 0 Å². The van der Waals surface area contributed by atoms with Crippen LogP contribution in [0.2, 0.25) is 0 Å². The first kappa shape index (κ1) is 16.7. The Bertz CT molecular complexity index is 363. The molecule has 0 saturated carbocycles. The van der Waals surface area contributed by atoms with E-state index in [2.05, 4.69) is 6.92 Å². The molecule has 0 radical (unpaired) electrons. The summed E-state index contributed by atoms with van der Waals surface area (Å²) in [6, 6.07) is 29.9. The van der Waals surface area contributed by atoms with Gasteiger partial charge in [0.1, 0.15) is 0 Å². The van der Waals surface area contributed by atoms with Gasteiger partial charge in [-0.1, -0.05) is 6.07 Å². The molecule has 0 nitrogen and oxygen atoms in total. The monoisotopic (exact) mass is 401 g/mol. The van der Waals surface area contributed by atoms with Gasteiger partial charge in [0, 0.05) is 25.8 Å². The van der Waals surface area contributed by atoms with Crippen molar-refractivity contribution in [2.75, 3.05) is 0 Å². The molecule has 0 atom stereocenters. The average Bonchev–Trinajstić information content (AvgIpc) is 3.09. The first-order chi connectivity index (χ1) is 8.39. The molecular formula is C17H17Hf-3. The molecule has 0 N–H and O–H groups in total. The van der Waals surface area contributed by atoms with Gasteiger partial charge in [0.15, 0.2) is 0 Å². The molecule has 3 aromatic rings. The SMILES string of the molecule is [CH2-]c1ccccc1.[Hf].c1cc[cH-]c1.c1cc[cH-]c1. The summed E-state index contributed by atoms with van der Waals surface area (Å²) in [5.74, 6) is 0. The van der Waals surface area contributed by atoms with Gasteiger partial charge in [-0.25, -0.2) is 24.3 Å². The van der Waals surface area contributed by atoms with E-state index in [1.807, 2.05) is 91.0 Å². The fourth-order valence-corrected chi connectivity index (χ4v) is 1.12. The Morgan fingerprint density at radius 3 is 1.17 bits per heavy atom. The molecule has 92 valence electrons. The molecule has 0 spiro atoms. The summed E-state index contributed by atoms with van der Waals surface area (Å²) in [5.41, 5.74) is 1.07. The molecule has 0 aliphatic heterocycles. The number of hydrogen-bond donors (Lipinski definition) is 0. The van der Waals surface area contributed by atoms with Gasteiger partial charge in [-0.15, -0.1) is 12.1 Å². The summed E-state index contributed by atoms with van der Waals surface area (Å²) in [6.07, 6.45) is 0. The van der Waals surface area contributed by atoms with E-state index in [9.17, 15) is 0 Å². The van der Waals surface area contributed by atoms with Gasteiger partial charge >= 0.3 is 0 Å². The maximum absolute atomic E-state index is 3.72. The fraction of sp³-hybridized carbons (Fsp3) is 0. The molecule has 0 aliphatic carbocycles. The van der Waals surface area contributed by atoms with Gasteiger partial charge in [-0.2, -0.15) is 61.0 Å². The molecule has 3 rings (SSSR count). The van der Waals surface area contributed by atoms with Gasteiger partial charge in [0.25, 0.3) is 0 Å². The summed E-state index contributed by atoms with van der Waals surface area (Å²) in [6.45, 7) is 3.72. The van der Waals surface area contributed by atoms with E-state index in [0.29, 0.717) is 0 Å². The Hall–Kier alpha value is -1.34. The zero-order valence-corrected chi connectivity index (χ0v) is 14.0. The molecule has 1 heteroatoms. The van der Waals surface area contributed by atoms with E-state index in [-0.39, 0.29) is 25.8 Å². The number of rotatable bonds is 0. The summed E-state index contributed by atoms with van der Waals surface area (Å²) in [5, 5.41) is 0. The summed E-state index contributed by atoms with van der Waals surface area (Å²) >= 11 is 0. The maximum atomic E-state index is 3.72. The third-order valence-corrected chi connectivity index (χ3v) is 1.95. The zero-order chi connectivity index (χ0) is 12.2. The van der Waals surface area contributed by atoms with E-state index < -0.39 is 0 Å².